The third-order valence-corrected chi connectivity index (χ3v) is 7.64. The van der Waals surface area contributed by atoms with Crippen molar-refractivity contribution in [3.63, 3.8) is 0 Å². The van der Waals surface area contributed by atoms with Crippen molar-refractivity contribution in [2.24, 2.45) is 5.10 Å². The molecule has 1 amide bonds. The van der Waals surface area contributed by atoms with Gasteiger partial charge in [-0.1, -0.05) is 49.7 Å². The molecule has 11 heteroatoms. The van der Waals surface area contributed by atoms with Gasteiger partial charge in [-0.25, -0.2) is 13.8 Å². The van der Waals surface area contributed by atoms with Crippen LogP contribution in [0.5, 0.6) is 17.2 Å². The maximum absolute atomic E-state index is 13.8. The molecular formula is C27H30ClN3O6S. The number of ether oxygens (including phenoxy) is 3. The summed E-state index contributed by atoms with van der Waals surface area (Å²) in [5, 5.41) is 4.25. The van der Waals surface area contributed by atoms with E-state index in [-0.39, 0.29) is 27.1 Å². The Labute approximate surface area is 228 Å². The van der Waals surface area contributed by atoms with E-state index in [1.807, 2.05) is 24.3 Å². The number of sulfonamides is 1. The predicted molar refractivity (Wildman–Crippen MR) is 148 cm³/mol. The topological polar surface area (TPSA) is 107 Å². The van der Waals surface area contributed by atoms with Crippen LogP contribution in [0.4, 0.5) is 5.69 Å². The molecular weight excluding hydrogens is 530 g/mol. The summed E-state index contributed by atoms with van der Waals surface area (Å²) in [5.74, 6) is 0.491. The lowest BCUT2D eigenvalue weighted by atomic mass is 10.0. The second kappa shape index (κ2) is 12.7. The van der Waals surface area contributed by atoms with Crippen LogP contribution in [-0.2, 0) is 14.8 Å². The smallest absolute Gasteiger partial charge is 0.265 e. The first-order valence-corrected chi connectivity index (χ1v) is 13.4. The van der Waals surface area contributed by atoms with Crippen molar-refractivity contribution in [1.82, 2.24) is 5.43 Å². The van der Waals surface area contributed by atoms with Crippen molar-refractivity contribution < 1.29 is 27.4 Å². The molecule has 0 saturated carbocycles. The summed E-state index contributed by atoms with van der Waals surface area (Å²) in [6, 6.07) is 16.4. The van der Waals surface area contributed by atoms with Gasteiger partial charge in [-0.2, -0.15) is 5.10 Å². The molecule has 0 spiro atoms. The number of amides is 1. The van der Waals surface area contributed by atoms with Crippen molar-refractivity contribution in [2.75, 3.05) is 32.2 Å². The normalized spacial score (nSPS) is 11.4. The third-order valence-electron chi connectivity index (χ3n) is 5.65. The Kier molecular flexibility index (Phi) is 9.60. The van der Waals surface area contributed by atoms with Gasteiger partial charge in [-0.05, 0) is 47.4 Å². The van der Waals surface area contributed by atoms with Gasteiger partial charge in [-0.3, -0.25) is 9.10 Å². The van der Waals surface area contributed by atoms with Crippen molar-refractivity contribution in [2.45, 2.75) is 24.7 Å². The maximum Gasteiger partial charge on any atom is 0.265 e. The molecule has 38 heavy (non-hydrogen) atoms. The van der Waals surface area contributed by atoms with Gasteiger partial charge in [0.1, 0.15) is 12.3 Å². The van der Waals surface area contributed by atoms with Crippen LogP contribution < -0.4 is 23.9 Å². The summed E-state index contributed by atoms with van der Waals surface area (Å²) in [6.45, 7) is 3.59. The number of hydrogen-bond acceptors (Lipinski definition) is 7. The second-order valence-corrected chi connectivity index (χ2v) is 10.8. The fourth-order valence-electron chi connectivity index (χ4n) is 3.57. The zero-order chi connectivity index (χ0) is 27.9. The highest BCUT2D eigenvalue weighted by atomic mass is 35.5. The van der Waals surface area contributed by atoms with Crippen LogP contribution in [0.15, 0.2) is 70.7 Å². The van der Waals surface area contributed by atoms with Crippen molar-refractivity contribution >= 4 is 39.4 Å². The molecule has 0 heterocycles. The largest absolute Gasteiger partial charge is 0.495 e. The second-order valence-electron chi connectivity index (χ2n) is 8.46. The Morgan fingerprint density at radius 3 is 2.18 bits per heavy atom. The number of nitrogens with zero attached hydrogens (tertiary/aromatic N) is 2. The number of hydrogen-bond donors (Lipinski definition) is 1. The van der Waals surface area contributed by atoms with Gasteiger partial charge >= 0.3 is 0 Å². The standard InChI is InChI=1S/C27H30ClN3O6S/c1-18(2)20-8-6-19(7-9-20)16-29-30-27(32)17-31(23-14-21(28)10-12-24(23)35-3)38(33,34)22-11-13-25(36-4)26(15-22)37-5/h6-16,18H,17H2,1-5H3,(H,30,32)/b29-16+. The van der Waals surface area contributed by atoms with Gasteiger partial charge in [-0.15, -0.1) is 0 Å². The van der Waals surface area contributed by atoms with E-state index >= 15 is 0 Å². The highest BCUT2D eigenvalue weighted by Crippen LogP contribution is 2.37. The monoisotopic (exact) mass is 559 g/mol. The van der Waals surface area contributed by atoms with E-state index in [2.05, 4.69) is 24.4 Å². The number of carbonyl (C=O) groups is 1. The lowest BCUT2D eigenvalue weighted by Gasteiger charge is -2.25. The number of rotatable bonds is 11. The van der Waals surface area contributed by atoms with Crippen LogP contribution in [-0.4, -0.2) is 48.4 Å². The highest BCUT2D eigenvalue weighted by Gasteiger charge is 2.30. The van der Waals surface area contributed by atoms with Crippen LogP contribution in [0.3, 0.4) is 0 Å². The Bertz CT molecular complexity index is 1410. The predicted octanol–water partition coefficient (Wildman–Crippen LogP) is 4.83. The van der Waals surface area contributed by atoms with E-state index in [9.17, 15) is 13.2 Å². The van der Waals surface area contributed by atoms with Crippen molar-refractivity contribution in [1.29, 1.82) is 0 Å². The molecule has 0 atom stereocenters. The zero-order valence-corrected chi connectivity index (χ0v) is 23.3. The van der Waals surface area contributed by atoms with E-state index in [0.29, 0.717) is 11.7 Å². The summed E-state index contributed by atoms with van der Waals surface area (Å²) in [6.07, 6.45) is 1.48. The molecule has 0 aliphatic carbocycles. The summed E-state index contributed by atoms with van der Waals surface area (Å²) in [7, 11) is -0.0683. The molecule has 0 bridgehead atoms. The van der Waals surface area contributed by atoms with Crippen LogP contribution >= 0.6 is 11.6 Å². The molecule has 3 rings (SSSR count). The Morgan fingerprint density at radius 1 is 0.947 bits per heavy atom. The lowest BCUT2D eigenvalue weighted by Crippen LogP contribution is -2.39. The van der Waals surface area contributed by atoms with Crippen molar-refractivity contribution in [3.05, 3.63) is 76.8 Å². The average molecular weight is 560 g/mol. The highest BCUT2D eigenvalue weighted by molar-refractivity contribution is 7.92. The minimum absolute atomic E-state index is 0.0817. The molecule has 9 nitrogen and oxygen atoms in total. The minimum atomic E-state index is -4.30. The Morgan fingerprint density at radius 2 is 1.58 bits per heavy atom. The van der Waals surface area contributed by atoms with E-state index < -0.39 is 22.5 Å². The summed E-state index contributed by atoms with van der Waals surface area (Å²) in [5.41, 5.74) is 4.43. The molecule has 3 aromatic carbocycles. The zero-order valence-electron chi connectivity index (χ0n) is 21.8. The van der Waals surface area contributed by atoms with Gasteiger partial charge in [0.2, 0.25) is 0 Å². The molecule has 0 unspecified atom stereocenters. The molecule has 1 N–H and O–H groups in total. The number of methoxy groups -OCH3 is 3. The molecule has 202 valence electrons. The minimum Gasteiger partial charge on any atom is -0.495 e. The van der Waals surface area contributed by atoms with Gasteiger partial charge < -0.3 is 14.2 Å². The van der Waals surface area contributed by atoms with E-state index in [4.69, 9.17) is 25.8 Å². The summed E-state index contributed by atoms with van der Waals surface area (Å²) in [4.78, 5) is 12.8. The molecule has 0 saturated heterocycles. The first kappa shape index (κ1) is 28.8. The van der Waals surface area contributed by atoms with E-state index in [0.717, 1.165) is 9.87 Å². The molecule has 0 aliphatic heterocycles. The SMILES string of the molecule is COc1ccc(S(=O)(=O)N(CC(=O)N/N=C/c2ccc(C(C)C)cc2)c2cc(Cl)ccc2OC)cc1OC. The number of anilines is 1. The number of carbonyl (C=O) groups excluding carboxylic acids is 1. The quantitative estimate of drug-likeness (QED) is 0.266. The number of nitrogens with one attached hydrogen (secondary N) is 1. The number of halogens is 1. The third kappa shape index (κ3) is 6.76. The van der Waals surface area contributed by atoms with Gasteiger partial charge in [0, 0.05) is 11.1 Å². The van der Waals surface area contributed by atoms with Gasteiger partial charge in [0.15, 0.2) is 11.5 Å². The lowest BCUT2D eigenvalue weighted by molar-refractivity contribution is -0.119. The number of hydrazone groups is 1. The fourth-order valence-corrected chi connectivity index (χ4v) is 5.18. The molecule has 0 aliphatic rings. The van der Waals surface area contributed by atoms with E-state index in [1.165, 1.54) is 63.4 Å². The average Bonchev–Trinajstić information content (AvgIpc) is 2.91. The Balaban J connectivity index is 1.93. The fraction of sp³-hybridized carbons (Fsp3) is 0.259. The maximum atomic E-state index is 13.8. The molecule has 0 fully saturated rings. The van der Waals surface area contributed by atoms with Crippen LogP contribution in [0.25, 0.3) is 0 Å². The molecule has 0 aromatic heterocycles. The summed E-state index contributed by atoms with van der Waals surface area (Å²) < 4.78 is 44.4. The van der Waals surface area contributed by atoms with Crippen LogP contribution in [0, 0.1) is 0 Å². The van der Waals surface area contributed by atoms with E-state index in [1.54, 1.807) is 6.07 Å². The Hall–Kier alpha value is -3.76. The van der Waals surface area contributed by atoms with Gasteiger partial charge in [0.05, 0.1) is 38.1 Å². The first-order chi connectivity index (χ1) is 18.1. The van der Waals surface area contributed by atoms with Crippen LogP contribution in [0.2, 0.25) is 5.02 Å². The number of benzene rings is 3. The molecule has 3 aromatic rings. The van der Waals surface area contributed by atoms with Crippen LogP contribution in [0.1, 0.15) is 30.9 Å². The van der Waals surface area contributed by atoms with Gasteiger partial charge in [0.25, 0.3) is 15.9 Å². The summed E-state index contributed by atoms with van der Waals surface area (Å²) >= 11 is 6.18. The first-order valence-electron chi connectivity index (χ1n) is 11.6. The van der Waals surface area contributed by atoms with Crippen molar-refractivity contribution in [3.8, 4) is 17.2 Å². The molecule has 0 radical (unpaired) electrons.